The van der Waals surface area contributed by atoms with Crippen molar-refractivity contribution in [3.63, 3.8) is 0 Å². The molecule has 4 unspecified atom stereocenters. The zero-order valence-electron chi connectivity index (χ0n) is 23.9. The Bertz CT molecular complexity index is 1090. The Morgan fingerprint density at radius 2 is 1.77 bits per heavy atom. The van der Waals surface area contributed by atoms with E-state index in [1.807, 2.05) is 0 Å². The Balaban J connectivity index is 1.02. The van der Waals surface area contributed by atoms with Crippen LogP contribution in [-0.4, -0.2) is 43.4 Å². The van der Waals surface area contributed by atoms with E-state index in [4.69, 9.17) is 24.0 Å². The first-order valence-corrected chi connectivity index (χ1v) is 15.4. The van der Waals surface area contributed by atoms with Crippen LogP contribution in [0.5, 0.6) is 0 Å². The van der Waals surface area contributed by atoms with Crippen LogP contribution in [0.3, 0.4) is 0 Å². The number of ether oxygens (including phenoxy) is 3. The van der Waals surface area contributed by atoms with Crippen molar-refractivity contribution < 1.29 is 28.4 Å². The van der Waals surface area contributed by atoms with E-state index in [-0.39, 0.29) is 22.2 Å². The molecule has 0 radical (unpaired) electrons. The third-order valence-corrected chi connectivity index (χ3v) is 12.4. The van der Waals surface area contributed by atoms with Crippen LogP contribution in [0.25, 0.3) is 5.57 Å². The quantitative estimate of drug-likeness (QED) is 0.375. The molecule has 7 rings (SSSR count). The van der Waals surface area contributed by atoms with Crippen LogP contribution in [-0.2, 0) is 24.0 Å². The molecule has 1 aromatic rings. The highest BCUT2D eigenvalue weighted by Crippen LogP contribution is 2.67. The Morgan fingerprint density at radius 1 is 0.949 bits per heavy atom. The Morgan fingerprint density at radius 3 is 2.49 bits per heavy atom. The molecule has 3 saturated carbocycles. The van der Waals surface area contributed by atoms with Crippen molar-refractivity contribution in [2.75, 3.05) is 19.8 Å². The van der Waals surface area contributed by atoms with Gasteiger partial charge in [0.25, 0.3) is 0 Å². The van der Waals surface area contributed by atoms with Crippen molar-refractivity contribution in [2.24, 2.45) is 34.5 Å². The molecule has 0 N–H and O–H groups in total. The molecule has 0 aromatic heterocycles. The highest BCUT2D eigenvalue weighted by atomic mass is 19.1. The number of halogens is 1. The summed E-state index contributed by atoms with van der Waals surface area (Å²) in [5, 5.41) is 0. The van der Waals surface area contributed by atoms with Crippen molar-refractivity contribution >= 4 is 5.57 Å². The Kier molecular flexibility index (Phi) is 6.37. The molecule has 3 aliphatic carbocycles. The molecule has 2 spiro atoms. The monoisotopic (exact) mass is 540 g/mol. The molecule has 3 heterocycles. The second-order valence-corrected chi connectivity index (χ2v) is 14.3. The van der Waals surface area contributed by atoms with E-state index in [1.165, 1.54) is 44.2 Å². The first-order chi connectivity index (χ1) is 18.7. The van der Waals surface area contributed by atoms with E-state index in [0.717, 1.165) is 50.0 Å². The van der Waals surface area contributed by atoms with Gasteiger partial charge < -0.3 is 14.2 Å². The Labute approximate surface area is 232 Å². The second-order valence-electron chi connectivity index (χ2n) is 14.3. The smallest absolute Gasteiger partial charge is 0.202 e. The first-order valence-electron chi connectivity index (χ1n) is 15.4. The SMILES string of the molecule is C=C(c1ccc(F)cc1)C1COC2(CC[C@@]3(C)C(CC[C@@H]4[C@@H]3CC[C@@]3(C)[C@H]4OCC34CC[C@@H](C)CO4)C2)OO1. The molecule has 0 bridgehead atoms. The summed E-state index contributed by atoms with van der Waals surface area (Å²) in [4.78, 5) is 12.0. The summed E-state index contributed by atoms with van der Waals surface area (Å²) in [6.07, 6.45) is 9.95. The van der Waals surface area contributed by atoms with E-state index >= 15 is 0 Å². The summed E-state index contributed by atoms with van der Waals surface area (Å²) >= 11 is 0. The van der Waals surface area contributed by atoms with Gasteiger partial charge >= 0.3 is 0 Å². The summed E-state index contributed by atoms with van der Waals surface area (Å²) in [5.74, 6) is 1.53. The number of hydrogen-bond donors (Lipinski definition) is 0. The summed E-state index contributed by atoms with van der Waals surface area (Å²) < 4.78 is 33.2. The number of fused-ring (bicyclic) bond motifs is 6. The lowest BCUT2D eigenvalue weighted by Crippen LogP contribution is -2.62. The lowest BCUT2D eigenvalue weighted by Gasteiger charge is -2.62. The summed E-state index contributed by atoms with van der Waals surface area (Å²) in [5.41, 5.74) is 1.89. The van der Waals surface area contributed by atoms with Gasteiger partial charge in [0, 0.05) is 18.3 Å². The zero-order valence-corrected chi connectivity index (χ0v) is 23.9. The average molecular weight is 541 g/mol. The molecule has 214 valence electrons. The standard InChI is InChI=1S/C33H45FO5/c1-21-11-14-32(36-18-21)20-35-29-26-10-7-24-17-33(16-15-30(24,3)27(26)12-13-31(29,32)4)37-19-28(38-39-33)22(2)23-5-8-25(34)9-6-23/h5-6,8-9,21,24,26-29H,2,7,10-20H2,1,3-4H3/t21-,24?,26-,27+,28?,29+,30+,31+,32?,33?/m1/s1. The molecule has 1 aromatic carbocycles. The highest BCUT2D eigenvalue weighted by Gasteiger charge is 2.68. The lowest BCUT2D eigenvalue weighted by atomic mass is 9.45. The second kappa shape index (κ2) is 9.35. The minimum Gasteiger partial charge on any atom is -0.374 e. The van der Waals surface area contributed by atoms with Crippen molar-refractivity contribution in [2.45, 2.75) is 102 Å². The molecular formula is C33H45FO5. The van der Waals surface area contributed by atoms with Crippen molar-refractivity contribution in [1.82, 2.24) is 0 Å². The van der Waals surface area contributed by atoms with Gasteiger partial charge in [0.1, 0.15) is 11.9 Å². The minimum absolute atomic E-state index is 0.0842. The summed E-state index contributed by atoms with van der Waals surface area (Å²) in [6.45, 7) is 13.6. The lowest BCUT2D eigenvalue weighted by molar-refractivity contribution is -0.489. The van der Waals surface area contributed by atoms with Gasteiger partial charge in [0.2, 0.25) is 5.79 Å². The maximum absolute atomic E-state index is 13.4. The molecule has 0 amide bonds. The van der Waals surface area contributed by atoms with Crippen molar-refractivity contribution in [3.8, 4) is 0 Å². The molecular weight excluding hydrogens is 495 g/mol. The summed E-state index contributed by atoms with van der Waals surface area (Å²) in [7, 11) is 0. The molecule has 6 heteroatoms. The van der Waals surface area contributed by atoms with Gasteiger partial charge in [-0.15, -0.1) is 0 Å². The fourth-order valence-corrected chi connectivity index (χ4v) is 9.68. The van der Waals surface area contributed by atoms with Crippen LogP contribution in [0.1, 0.15) is 84.1 Å². The van der Waals surface area contributed by atoms with E-state index in [2.05, 4.69) is 27.4 Å². The van der Waals surface area contributed by atoms with Gasteiger partial charge in [-0.2, -0.15) is 0 Å². The van der Waals surface area contributed by atoms with Gasteiger partial charge in [-0.3, -0.25) is 0 Å². The van der Waals surface area contributed by atoms with Crippen LogP contribution >= 0.6 is 0 Å². The van der Waals surface area contributed by atoms with Crippen molar-refractivity contribution in [3.05, 3.63) is 42.2 Å². The molecule has 5 nitrogen and oxygen atoms in total. The third kappa shape index (κ3) is 4.03. The molecule has 3 saturated heterocycles. The summed E-state index contributed by atoms with van der Waals surface area (Å²) in [6, 6.07) is 6.33. The fraction of sp³-hybridized carbons (Fsp3) is 0.758. The van der Waals surface area contributed by atoms with Crippen LogP contribution in [0, 0.1) is 40.3 Å². The fourth-order valence-electron chi connectivity index (χ4n) is 9.68. The van der Waals surface area contributed by atoms with Gasteiger partial charge in [-0.1, -0.05) is 39.5 Å². The largest absolute Gasteiger partial charge is 0.374 e. The van der Waals surface area contributed by atoms with Gasteiger partial charge in [-0.05, 0) is 97.3 Å². The highest BCUT2D eigenvalue weighted by molar-refractivity contribution is 5.66. The average Bonchev–Trinajstić information content (AvgIpc) is 3.23. The van der Waals surface area contributed by atoms with Crippen molar-refractivity contribution in [1.29, 1.82) is 0 Å². The number of rotatable bonds is 2. The van der Waals surface area contributed by atoms with E-state index in [0.29, 0.717) is 36.4 Å². The molecule has 10 atom stereocenters. The maximum atomic E-state index is 13.4. The normalized spacial score (nSPS) is 49.3. The molecule has 6 fully saturated rings. The van der Waals surface area contributed by atoms with Crippen LogP contribution in [0.15, 0.2) is 30.8 Å². The van der Waals surface area contributed by atoms with Crippen LogP contribution in [0.4, 0.5) is 4.39 Å². The Hall–Kier alpha value is -1.31. The van der Waals surface area contributed by atoms with E-state index in [9.17, 15) is 4.39 Å². The van der Waals surface area contributed by atoms with E-state index in [1.54, 1.807) is 12.1 Å². The molecule has 6 aliphatic rings. The predicted octanol–water partition coefficient (Wildman–Crippen LogP) is 7.10. The number of benzene rings is 1. The minimum atomic E-state index is -0.680. The first kappa shape index (κ1) is 26.6. The van der Waals surface area contributed by atoms with Crippen LogP contribution < -0.4 is 0 Å². The van der Waals surface area contributed by atoms with Gasteiger partial charge in [0.05, 0.1) is 31.5 Å². The van der Waals surface area contributed by atoms with E-state index < -0.39 is 11.9 Å². The molecule has 3 aliphatic heterocycles. The zero-order chi connectivity index (χ0) is 27.0. The topological polar surface area (TPSA) is 46.2 Å². The molecule has 39 heavy (non-hydrogen) atoms. The number of hydrogen-bond acceptors (Lipinski definition) is 5. The third-order valence-electron chi connectivity index (χ3n) is 12.4. The van der Waals surface area contributed by atoms with Crippen LogP contribution in [0.2, 0.25) is 0 Å². The predicted molar refractivity (Wildman–Crippen MR) is 146 cm³/mol. The maximum Gasteiger partial charge on any atom is 0.202 e. The van der Waals surface area contributed by atoms with Gasteiger partial charge in [-0.25, -0.2) is 14.2 Å². The van der Waals surface area contributed by atoms with Gasteiger partial charge in [0.15, 0.2) is 0 Å².